The topological polar surface area (TPSA) is 128 Å². The van der Waals surface area contributed by atoms with Crippen LogP contribution in [0.25, 0.3) is 0 Å². The number of ether oxygens (including phenoxy) is 1. The summed E-state index contributed by atoms with van der Waals surface area (Å²) < 4.78 is 32.4. The molecule has 0 aromatic heterocycles. The van der Waals surface area contributed by atoms with Gasteiger partial charge in [0.25, 0.3) is 0 Å². The number of halogens is 2. The molecule has 0 aliphatic carbocycles. The van der Waals surface area contributed by atoms with E-state index in [2.05, 4.69) is 10.6 Å². The molecule has 2 heterocycles. The van der Waals surface area contributed by atoms with E-state index in [4.69, 9.17) is 4.74 Å². The van der Waals surface area contributed by atoms with Gasteiger partial charge in [0, 0.05) is 12.1 Å². The highest BCUT2D eigenvalue weighted by Gasteiger charge is 2.48. The number of benzene rings is 3. The number of rotatable bonds is 16. The van der Waals surface area contributed by atoms with Crippen molar-refractivity contribution in [1.29, 1.82) is 0 Å². The SMILES string of the molecule is CC(C)C(NC(=O)CC1(NCCCc2ccc([C@@H]3[C@@H](CC[C@H](O)c4ccc(F)cc4)C(=O)N3c3ccc(F)cc3)cc2)COC1)C(=O)O. The second-order valence-electron chi connectivity index (χ2n) is 13.2. The molecule has 3 aromatic rings. The molecule has 5 rings (SSSR count). The number of aliphatic hydroxyl groups excluding tert-OH is 1. The molecular formula is C37H43F2N3O6. The number of carboxylic acids is 1. The zero-order valence-electron chi connectivity index (χ0n) is 27.2. The molecule has 256 valence electrons. The van der Waals surface area contributed by atoms with Crippen LogP contribution >= 0.6 is 0 Å². The molecule has 48 heavy (non-hydrogen) atoms. The number of aliphatic hydroxyl groups is 1. The van der Waals surface area contributed by atoms with E-state index in [9.17, 15) is 33.4 Å². The lowest BCUT2D eigenvalue weighted by Crippen LogP contribution is -2.63. The Kier molecular flexibility index (Phi) is 11.2. The minimum atomic E-state index is -1.06. The number of carboxylic acid groups (broad SMARTS) is 1. The molecule has 0 spiro atoms. The van der Waals surface area contributed by atoms with Crippen LogP contribution in [-0.2, 0) is 25.5 Å². The maximum Gasteiger partial charge on any atom is 0.326 e. The van der Waals surface area contributed by atoms with Gasteiger partial charge >= 0.3 is 5.97 Å². The van der Waals surface area contributed by atoms with Gasteiger partial charge < -0.3 is 30.5 Å². The third-order valence-corrected chi connectivity index (χ3v) is 9.29. The van der Waals surface area contributed by atoms with Crippen molar-refractivity contribution in [3.63, 3.8) is 0 Å². The number of β-lactam (4-membered cyclic amide) rings is 1. The van der Waals surface area contributed by atoms with Gasteiger partial charge in [0.15, 0.2) is 0 Å². The van der Waals surface area contributed by atoms with Gasteiger partial charge in [-0.05, 0) is 91.2 Å². The first-order chi connectivity index (χ1) is 23.0. The highest BCUT2D eigenvalue weighted by molar-refractivity contribution is 6.03. The largest absolute Gasteiger partial charge is 0.480 e. The van der Waals surface area contributed by atoms with E-state index in [1.165, 1.54) is 24.3 Å². The van der Waals surface area contributed by atoms with Gasteiger partial charge in [0.1, 0.15) is 17.7 Å². The molecule has 2 saturated heterocycles. The first kappa shape index (κ1) is 35.1. The van der Waals surface area contributed by atoms with Crippen molar-refractivity contribution >= 4 is 23.5 Å². The first-order valence-electron chi connectivity index (χ1n) is 16.4. The molecule has 2 aliphatic rings. The summed E-state index contributed by atoms with van der Waals surface area (Å²) in [5.41, 5.74) is 2.70. The Morgan fingerprint density at radius 2 is 1.60 bits per heavy atom. The summed E-state index contributed by atoms with van der Waals surface area (Å²) in [6.07, 6.45) is 1.60. The first-order valence-corrected chi connectivity index (χ1v) is 16.4. The molecule has 2 fully saturated rings. The quantitative estimate of drug-likeness (QED) is 0.124. The van der Waals surface area contributed by atoms with Crippen LogP contribution in [-0.4, -0.2) is 59.3 Å². The van der Waals surface area contributed by atoms with Crippen LogP contribution in [0.3, 0.4) is 0 Å². The summed E-state index contributed by atoms with van der Waals surface area (Å²) in [5, 5.41) is 26.2. The third kappa shape index (κ3) is 8.26. The van der Waals surface area contributed by atoms with E-state index in [-0.39, 0.29) is 41.9 Å². The van der Waals surface area contributed by atoms with E-state index >= 15 is 0 Å². The normalized spacial score (nSPS) is 19.7. The van der Waals surface area contributed by atoms with Crippen molar-refractivity contribution in [2.45, 2.75) is 69.7 Å². The van der Waals surface area contributed by atoms with Crippen LogP contribution in [0, 0.1) is 23.5 Å². The van der Waals surface area contributed by atoms with Gasteiger partial charge in [0.2, 0.25) is 11.8 Å². The predicted molar refractivity (Wildman–Crippen MR) is 176 cm³/mol. The van der Waals surface area contributed by atoms with E-state index in [0.717, 1.165) is 24.0 Å². The van der Waals surface area contributed by atoms with Gasteiger partial charge in [-0.1, -0.05) is 50.2 Å². The summed E-state index contributed by atoms with van der Waals surface area (Å²) >= 11 is 0. The van der Waals surface area contributed by atoms with Crippen LogP contribution in [0.5, 0.6) is 0 Å². The molecule has 2 aliphatic heterocycles. The number of carbonyl (C=O) groups excluding carboxylic acids is 2. The minimum Gasteiger partial charge on any atom is -0.480 e. The zero-order valence-corrected chi connectivity index (χ0v) is 27.2. The summed E-state index contributed by atoms with van der Waals surface area (Å²) in [5.74, 6) is -2.87. The second-order valence-corrected chi connectivity index (χ2v) is 13.2. The molecular weight excluding hydrogens is 620 g/mol. The number of hydrogen-bond donors (Lipinski definition) is 4. The number of aryl methyl sites for hydroxylation is 1. The Hall–Kier alpha value is -4.19. The lowest BCUT2D eigenvalue weighted by Gasteiger charge is -2.48. The van der Waals surface area contributed by atoms with Crippen LogP contribution in [0.2, 0.25) is 0 Å². The minimum absolute atomic E-state index is 0.0988. The molecule has 4 atom stereocenters. The highest BCUT2D eigenvalue weighted by Crippen LogP contribution is 2.46. The molecule has 4 N–H and O–H groups in total. The Labute approximate surface area is 279 Å². The van der Waals surface area contributed by atoms with E-state index in [1.54, 1.807) is 43.0 Å². The van der Waals surface area contributed by atoms with Crippen LogP contribution in [0.15, 0.2) is 72.8 Å². The Morgan fingerprint density at radius 1 is 0.979 bits per heavy atom. The molecule has 0 radical (unpaired) electrons. The molecule has 1 unspecified atom stereocenters. The summed E-state index contributed by atoms with van der Waals surface area (Å²) in [6, 6.07) is 18.3. The highest BCUT2D eigenvalue weighted by atomic mass is 19.1. The number of nitrogens with one attached hydrogen (secondary N) is 2. The fraction of sp³-hybridized carbons (Fsp3) is 0.432. The van der Waals surface area contributed by atoms with Crippen molar-refractivity contribution < 1.29 is 38.1 Å². The lowest BCUT2D eigenvalue weighted by atomic mass is 9.78. The van der Waals surface area contributed by atoms with Gasteiger partial charge in [0.05, 0.1) is 36.8 Å². The van der Waals surface area contributed by atoms with Crippen molar-refractivity contribution in [1.82, 2.24) is 10.6 Å². The summed E-state index contributed by atoms with van der Waals surface area (Å²) in [7, 11) is 0. The number of nitrogens with zero attached hydrogens (tertiary/aromatic N) is 1. The number of aliphatic carboxylic acids is 1. The average Bonchev–Trinajstić information content (AvgIpc) is 3.04. The van der Waals surface area contributed by atoms with Gasteiger partial charge in [-0.25, -0.2) is 13.6 Å². The molecule has 2 amide bonds. The van der Waals surface area contributed by atoms with E-state index < -0.39 is 29.5 Å². The lowest BCUT2D eigenvalue weighted by molar-refractivity contribution is -0.144. The monoisotopic (exact) mass is 663 g/mol. The Bertz CT molecular complexity index is 1560. The number of carbonyl (C=O) groups is 3. The Balaban J connectivity index is 1.18. The van der Waals surface area contributed by atoms with Crippen LogP contribution in [0.1, 0.15) is 68.4 Å². The van der Waals surface area contributed by atoms with E-state index in [1.807, 2.05) is 24.3 Å². The van der Waals surface area contributed by atoms with Crippen LogP contribution in [0.4, 0.5) is 14.5 Å². The molecule has 9 nitrogen and oxygen atoms in total. The predicted octanol–water partition coefficient (Wildman–Crippen LogP) is 5.09. The van der Waals surface area contributed by atoms with Gasteiger partial charge in [-0.3, -0.25) is 9.59 Å². The molecule has 3 aromatic carbocycles. The standard InChI is InChI=1S/C37H43F2N3O6/c1-23(2)33(36(46)47)41-32(44)20-37(21-48-22-37)40-19-3-4-24-5-7-26(8-6-24)34-30(17-18-31(43)25-9-11-27(38)12-10-25)35(45)42(34)29-15-13-28(39)14-16-29/h5-16,23,30-31,33-34,40,43H,3-4,17-22H2,1-2H3,(H,41,44)(H,46,47)/t30-,31+,33?,34-/m1/s1. The average molecular weight is 664 g/mol. The van der Waals surface area contributed by atoms with Gasteiger partial charge in [-0.2, -0.15) is 0 Å². The summed E-state index contributed by atoms with van der Waals surface area (Å²) in [4.78, 5) is 39.2. The fourth-order valence-electron chi connectivity index (χ4n) is 6.48. The number of amides is 2. The maximum absolute atomic E-state index is 13.7. The molecule has 0 saturated carbocycles. The van der Waals surface area contributed by atoms with Crippen molar-refractivity contribution in [3.8, 4) is 0 Å². The van der Waals surface area contributed by atoms with Crippen molar-refractivity contribution in [2.24, 2.45) is 11.8 Å². The van der Waals surface area contributed by atoms with Crippen molar-refractivity contribution in [3.05, 3.63) is 101 Å². The van der Waals surface area contributed by atoms with Crippen molar-refractivity contribution in [2.75, 3.05) is 24.7 Å². The molecule has 11 heteroatoms. The Morgan fingerprint density at radius 3 is 2.17 bits per heavy atom. The summed E-state index contributed by atoms with van der Waals surface area (Å²) in [6.45, 7) is 4.89. The third-order valence-electron chi connectivity index (χ3n) is 9.29. The van der Waals surface area contributed by atoms with Gasteiger partial charge in [-0.15, -0.1) is 0 Å². The van der Waals surface area contributed by atoms with Crippen LogP contribution < -0.4 is 15.5 Å². The number of hydrogen-bond acceptors (Lipinski definition) is 6. The second kappa shape index (κ2) is 15.4. The smallest absolute Gasteiger partial charge is 0.326 e. The number of anilines is 1. The fourth-order valence-corrected chi connectivity index (χ4v) is 6.48. The maximum atomic E-state index is 13.7. The van der Waals surface area contributed by atoms with E-state index in [0.29, 0.717) is 43.9 Å². The molecule has 0 bridgehead atoms. The zero-order chi connectivity index (χ0) is 34.4.